The molecule has 1 heterocycles. The van der Waals surface area contributed by atoms with Gasteiger partial charge in [0, 0.05) is 6.04 Å². The molecule has 0 amide bonds. The van der Waals surface area contributed by atoms with Crippen LogP contribution in [0.1, 0.15) is 30.5 Å². The molecule has 76 valence electrons. The van der Waals surface area contributed by atoms with E-state index in [1.165, 1.54) is 17.5 Å². The fraction of sp³-hybridized carbons (Fsp3) is 0.500. The molecule has 0 aliphatic carbocycles. The Bertz CT molecular complexity index is 318. The molecular weight excluding hydrogens is 174 g/mol. The Hall–Kier alpha value is -1.02. The van der Waals surface area contributed by atoms with Crippen LogP contribution in [-0.2, 0) is 0 Å². The van der Waals surface area contributed by atoms with Crippen molar-refractivity contribution < 1.29 is 4.74 Å². The fourth-order valence-corrected chi connectivity index (χ4v) is 1.85. The summed E-state index contributed by atoms with van der Waals surface area (Å²) < 4.78 is 5.45. The summed E-state index contributed by atoms with van der Waals surface area (Å²) in [6.07, 6.45) is 1.26. The number of hydrogen-bond acceptors (Lipinski definition) is 2. The van der Waals surface area contributed by atoms with Gasteiger partial charge in [0.2, 0.25) is 0 Å². The van der Waals surface area contributed by atoms with Gasteiger partial charge in [-0.3, -0.25) is 0 Å². The molecule has 0 aromatic heterocycles. The maximum absolute atomic E-state index is 5.45. The molecule has 14 heavy (non-hydrogen) atoms. The average molecular weight is 191 g/mol. The van der Waals surface area contributed by atoms with Crippen LogP contribution in [0.4, 0.5) is 0 Å². The van der Waals surface area contributed by atoms with Gasteiger partial charge in [-0.1, -0.05) is 6.07 Å². The van der Waals surface area contributed by atoms with Crippen molar-refractivity contribution in [1.82, 2.24) is 5.32 Å². The predicted octanol–water partition coefficient (Wildman–Crippen LogP) is 2.43. The number of rotatable bonds is 3. The average Bonchev–Trinajstić information content (AvgIpc) is 2.07. The summed E-state index contributed by atoms with van der Waals surface area (Å²) in [5, 5.41) is 3.41. The number of hydrogen-bond donors (Lipinski definition) is 1. The monoisotopic (exact) mass is 191 g/mol. The van der Waals surface area contributed by atoms with Gasteiger partial charge in [-0.15, -0.1) is 0 Å². The second-order valence-electron chi connectivity index (χ2n) is 3.75. The van der Waals surface area contributed by atoms with Gasteiger partial charge >= 0.3 is 0 Å². The molecule has 0 saturated carbocycles. The van der Waals surface area contributed by atoms with E-state index in [0.717, 1.165) is 18.9 Å². The van der Waals surface area contributed by atoms with E-state index >= 15 is 0 Å². The molecule has 1 N–H and O–H groups in total. The molecule has 1 aliphatic heterocycles. The number of ether oxygens (including phenoxy) is 1. The van der Waals surface area contributed by atoms with Crippen LogP contribution in [0.3, 0.4) is 0 Å². The van der Waals surface area contributed by atoms with Gasteiger partial charge in [-0.25, -0.2) is 0 Å². The molecule has 0 radical (unpaired) electrons. The van der Waals surface area contributed by atoms with Gasteiger partial charge in [0.05, 0.1) is 6.61 Å². The zero-order valence-corrected chi connectivity index (χ0v) is 8.84. The van der Waals surface area contributed by atoms with E-state index in [4.69, 9.17) is 4.74 Å². The standard InChI is InChI=1S/C12H17NO/c1-3-14-10-4-5-11(9(2)8-10)12-6-7-13-12/h4-5,8,12-13H,3,6-7H2,1-2H3. The minimum atomic E-state index is 0.575. The molecule has 2 rings (SSSR count). The van der Waals surface area contributed by atoms with Crippen LogP contribution < -0.4 is 10.1 Å². The zero-order chi connectivity index (χ0) is 9.97. The van der Waals surface area contributed by atoms with E-state index in [1.54, 1.807) is 0 Å². The first kappa shape index (κ1) is 9.53. The van der Waals surface area contributed by atoms with Crippen molar-refractivity contribution in [2.45, 2.75) is 26.3 Å². The van der Waals surface area contributed by atoms with Gasteiger partial charge in [0.15, 0.2) is 0 Å². The summed E-state index contributed by atoms with van der Waals surface area (Å²) in [7, 11) is 0. The maximum atomic E-state index is 5.45. The van der Waals surface area contributed by atoms with E-state index in [-0.39, 0.29) is 0 Å². The molecule has 1 unspecified atom stereocenters. The first-order valence-electron chi connectivity index (χ1n) is 5.28. The van der Waals surface area contributed by atoms with Crippen molar-refractivity contribution in [1.29, 1.82) is 0 Å². The molecule has 1 fully saturated rings. The van der Waals surface area contributed by atoms with Gasteiger partial charge < -0.3 is 10.1 Å². The molecule has 1 aromatic carbocycles. The highest BCUT2D eigenvalue weighted by Gasteiger charge is 2.19. The van der Waals surface area contributed by atoms with Gasteiger partial charge in [-0.05, 0) is 50.1 Å². The normalized spacial score (nSPS) is 20.3. The Balaban J connectivity index is 2.17. The Morgan fingerprint density at radius 3 is 2.79 bits per heavy atom. The van der Waals surface area contributed by atoms with E-state index in [9.17, 15) is 0 Å². The minimum absolute atomic E-state index is 0.575. The lowest BCUT2D eigenvalue weighted by atomic mass is 9.94. The van der Waals surface area contributed by atoms with Crippen LogP contribution in [0, 0.1) is 6.92 Å². The molecule has 0 spiro atoms. The molecular formula is C12H17NO. The third kappa shape index (κ3) is 1.75. The fourth-order valence-electron chi connectivity index (χ4n) is 1.85. The SMILES string of the molecule is CCOc1ccc(C2CCN2)c(C)c1. The molecule has 2 nitrogen and oxygen atoms in total. The van der Waals surface area contributed by atoms with Crippen molar-refractivity contribution >= 4 is 0 Å². The maximum Gasteiger partial charge on any atom is 0.119 e. The first-order valence-corrected chi connectivity index (χ1v) is 5.28. The van der Waals surface area contributed by atoms with Crippen molar-refractivity contribution in [2.75, 3.05) is 13.2 Å². The van der Waals surface area contributed by atoms with Crippen LogP contribution >= 0.6 is 0 Å². The minimum Gasteiger partial charge on any atom is -0.494 e. The zero-order valence-electron chi connectivity index (χ0n) is 8.84. The van der Waals surface area contributed by atoms with Crippen molar-refractivity contribution in [2.24, 2.45) is 0 Å². The molecule has 2 heteroatoms. The third-order valence-electron chi connectivity index (χ3n) is 2.75. The molecule has 1 saturated heterocycles. The lowest BCUT2D eigenvalue weighted by Crippen LogP contribution is -2.35. The predicted molar refractivity (Wildman–Crippen MR) is 57.7 cm³/mol. The van der Waals surface area contributed by atoms with Crippen molar-refractivity contribution in [3.05, 3.63) is 29.3 Å². The molecule has 1 aliphatic rings. The molecule has 1 aromatic rings. The summed E-state index contributed by atoms with van der Waals surface area (Å²) >= 11 is 0. The topological polar surface area (TPSA) is 21.3 Å². The van der Waals surface area contributed by atoms with E-state index in [2.05, 4.69) is 30.4 Å². The Morgan fingerprint density at radius 1 is 1.50 bits per heavy atom. The lowest BCUT2D eigenvalue weighted by Gasteiger charge is -2.29. The van der Waals surface area contributed by atoms with Crippen LogP contribution in [0.25, 0.3) is 0 Å². The lowest BCUT2D eigenvalue weighted by molar-refractivity contribution is 0.338. The second-order valence-corrected chi connectivity index (χ2v) is 3.75. The van der Waals surface area contributed by atoms with Crippen molar-refractivity contribution in [3.8, 4) is 5.75 Å². The molecule has 1 atom stereocenters. The summed E-state index contributed by atoms with van der Waals surface area (Å²) in [5.41, 5.74) is 2.74. The van der Waals surface area contributed by atoms with Gasteiger partial charge in [-0.2, -0.15) is 0 Å². The largest absolute Gasteiger partial charge is 0.494 e. The summed E-state index contributed by atoms with van der Waals surface area (Å²) in [5.74, 6) is 0.980. The van der Waals surface area contributed by atoms with Crippen molar-refractivity contribution in [3.63, 3.8) is 0 Å². The number of aryl methyl sites for hydroxylation is 1. The molecule has 0 bridgehead atoms. The Labute approximate surface area is 85.3 Å². The highest BCUT2D eigenvalue weighted by Crippen LogP contribution is 2.28. The smallest absolute Gasteiger partial charge is 0.119 e. The second kappa shape index (κ2) is 4.01. The highest BCUT2D eigenvalue weighted by molar-refractivity contribution is 5.37. The van der Waals surface area contributed by atoms with Gasteiger partial charge in [0.25, 0.3) is 0 Å². The van der Waals surface area contributed by atoms with E-state index in [1.807, 2.05) is 6.92 Å². The van der Waals surface area contributed by atoms with Crippen LogP contribution in [-0.4, -0.2) is 13.2 Å². The van der Waals surface area contributed by atoms with E-state index in [0.29, 0.717) is 6.04 Å². The Kier molecular flexibility index (Phi) is 2.73. The number of nitrogens with one attached hydrogen (secondary N) is 1. The van der Waals surface area contributed by atoms with E-state index < -0.39 is 0 Å². The summed E-state index contributed by atoms with van der Waals surface area (Å²) in [6, 6.07) is 6.94. The summed E-state index contributed by atoms with van der Waals surface area (Å²) in [6.45, 7) is 6.05. The highest BCUT2D eigenvalue weighted by atomic mass is 16.5. The number of benzene rings is 1. The first-order chi connectivity index (χ1) is 6.81. The van der Waals surface area contributed by atoms with Crippen LogP contribution in [0.2, 0.25) is 0 Å². The Morgan fingerprint density at radius 2 is 2.29 bits per heavy atom. The van der Waals surface area contributed by atoms with Crippen LogP contribution in [0.15, 0.2) is 18.2 Å². The third-order valence-corrected chi connectivity index (χ3v) is 2.75. The van der Waals surface area contributed by atoms with Gasteiger partial charge in [0.1, 0.15) is 5.75 Å². The quantitative estimate of drug-likeness (QED) is 0.792. The summed E-state index contributed by atoms with van der Waals surface area (Å²) in [4.78, 5) is 0. The van der Waals surface area contributed by atoms with Crippen LogP contribution in [0.5, 0.6) is 5.75 Å².